The maximum absolute atomic E-state index is 12.5. The highest BCUT2D eigenvalue weighted by Gasteiger charge is 2.52. The van der Waals surface area contributed by atoms with Crippen LogP contribution in [-0.2, 0) is 11.3 Å². The molecule has 3 amide bonds. The number of thioether (sulfide) groups is 1. The van der Waals surface area contributed by atoms with E-state index in [-0.39, 0.29) is 18.5 Å². The molecule has 2 fully saturated rings. The first-order valence-electron chi connectivity index (χ1n) is 6.18. The summed E-state index contributed by atoms with van der Waals surface area (Å²) in [5.74, 6) is 1.40. The zero-order valence-electron chi connectivity index (χ0n) is 10.5. The van der Waals surface area contributed by atoms with Gasteiger partial charge in [-0.25, -0.2) is 4.79 Å². The van der Waals surface area contributed by atoms with Crippen LogP contribution in [0, 0.1) is 0 Å². The van der Waals surface area contributed by atoms with Gasteiger partial charge in [-0.15, -0.1) is 0 Å². The van der Waals surface area contributed by atoms with Crippen LogP contribution < -0.4 is 5.32 Å². The number of imide groups is 1. The molecule has 2 aliphatic rings. The number of hydrogen-bond acceptors (Lipinski definition) is 3. The average molecular weight is 331 g/mol. The van der Waals surface area contributed by atoms with Crippen LogP contribution in [0.25, 0.3) is 0 Å². The maximum atomic E-state index is 12.5. The van der Waals surface area contributed by atoms with E-state index in [0.29, 0.717) is 22.2 Å². The monoisotopic (exact) mass is 330 g/mol. The fourth-order valence-electron chi connectivity index (χ4n) is 2.47. The second kappa shape index (κ2) is 5.13. The predicted molar refractivity (Wildman–Crippen MR) is 80.2 cm³/mol. The number of amides is 3. The van der Waals surface area contributed by atoms with E-state index in [1.165, 1.54) is 4.90 Å². The minimum atomic E-state index is -0.696. The molecule has 0 radical (unpaired) electrons. The molecule has 1 aromatic rings. The molecule has 0 bridgehead atoms. The normalized spacial score (nSPS) is 25.6. The summed E-state index contributed by atoms with van der Waals surface area (Å²) in [5, 5.41) is 3.71. The molecule has 1 unspecified atom stereocenters. The molecule has 1 atom stereocenters. The molecule has 4 nitrogen and oxygen atoms in total. The van der Waals surface area contributed by atoms with Crippen molar-refractivity contribution in [1.82, 2.24) is 10.2 Å². The standard InChI is InChI=1S/C13H12Cl2N2O2S/c14-9-2-1-8(5-10(9)15)6-17-11(18)13(16-12(17)19)3-4-20-7-13/h1-2,5H,3-4,6-7H2,(H,16,19). The summed E-state index contributed by atoms with van der Waals surface area (Å²) in [7, 11) is 0. The largest absolute Gasteiger partial charge is 0.325 e. The summed E-state index contributed by atoms with van der Waals surface area (Å²) in [6.45, 7) is 0.216. The second-order valence-electron chi connectivity index (χ2n) is 4.95. The summed E-state index contributed by atoms with van der Waals surface area (Å²) in [5.41, 5.74) is 0.0865. The van der Waals surface area contributed by atoms with Gasteiger partial charge in [0.05, 0.1) is 16.6 Å². The van der Waals surface area contributed by atoms with Crippen LogP contribution in [0.1, 0.15) is 12.0 Å². The summed E-state index contributed by atoms with van der Waals surface area (Å²) < 4.78 is 0. The van der Waals surface area contributed by atoms with Gasteiger partial charge in [0.15, 0.2) is 0 Å². The van der Waals surface area contributed by atoms with Gasteiger partial charge in [-0.1, -0.05) is 29.3 Å². The van der Waals surface area contributed by atoms with E-state index >= 15 is 0 Å². The van der Waals surface area contributed by atoms with Crippen molar-refractivity contribution in [2.45, 2.75) is 18.5 Å². The Morgan fingerprint density at radius 3 is 2.75 bits per heavy atom. The van der Waals surface area contributed by atoms with E-state index in [1.54, 1.807) is 30.0 Å². The van der Waals surface area contributed by atoms with E-state index in [2.05, 4.69) is 5.32 Å². The maximum Gasteiger partial charge on any atom is 0.325 e. The molecule has 1 spiro atoms. The Balaban J connectivity index is 1.82. The van der Waals surface area contributed by atoms with Gasteiger partial charge >= 0.3 is 6.03 Å². The van der Waals surface area contributed by atoms with Gasteiger partial charge in [0, 0.05) is 5.75 Å². The number of benzene rings is 1. The van der Waals surface area contributed by atoms with Crippen molar-refractivity contribution in [3.05, 3.63) is 33.8 Å². The Hall–Kier alpha value is -0.910. The molecule has 3 rings (SSSR count). The Labute approximate surface area is 130 Å². The van der Waals surface area contributed by atoms with E-state index in [1.807, 2.05) is 0 Å². The zero-order chi connectivity index (χ0) is 14.3. The number of hydrogen-bond donors (Lipinski definition) is 1. The molecule has 1 N–H and O–H groups in total. The first kappa shape index (κ1) is 14.0. The number of nitrogens with one attached hydrogen (secondary N) is 1. The van der Waals surface area contributed by atoms with Gasteiger partial charge in [0.1, 0.15) is 5.54 Å². The fourth-order valence-corrected chi connectivity index (χ4v) is 4.12. The van der Waals surface area contributed by atoms with Crippen molar-refractivity contribution >= 4 is 46.9 Å². The fraction of sp³-hybridized carbons (Fsp3) is 0.385. The van der Waals surface area contributed by atoms with Crippen molar-refractivity contribution in [3.63, 3.8) is 0 Å². The number of rotatable bonds is 2. The number of urea groups is 1. The smallest absolute Gasteiger partial charge is 0.322 e. The minimum absolute atomic E-state index is 0.140. The average Bonchev–Trinajstić information content (AvgIpc) is 2.96. The molecule has 0 saturated carbocycles. The Bertz CT molecular complexity index is 588. The van der Waals surface area contributed by atoms with Crippen LogP contribution in [0.4, 0.5) is 4.79 Å². The van der Waals surface area contributed by atoms with E-state index in [0.717, 1.165) is 11.3 Å². The van der Waals surface area contributed by atoms with E-state index < -0.39 is 5.54 Å². The van der Waals surface area contributed by atoms with Crippen molar-refractivity contribution in [2.24, 2.45) is 0 Å². The van der Waals surface area contributed by atoms with Crippen LogP contribution in [-0.4, -0.2) is 33.9 Å². The number of carbonyl (C=O) groups excluding carboxylic acids is 2. The lowest BCUT2D eigenvalue weighted by molar-refractivity contribution is -0.130. The lowest BCUT2D eigenvalue weighted by Gasteiger charge is -2.19. The van der Waals surface area contributed by atoms with Crippen molar-refractivity contribution in [2.75, 3.05) is 11.5 Å². The summed E-state index contributed by atoms with van der Waals surface area (Å²) in [6.07, 6.45) is 0.695. The highest BCUT2D eigenvalue weighted by molar-refractivity contribution is 7.99. The molecule has 20 heavy (non-hydrogen) atoms. The van der Waals surface area contributed by atoms with Crippen molar-refractivity contribution < 1.29 is 9.59 Å². The van der Waals surface area contributed by atoms with Crippen LogP contribution in [0.15, 0.2) is 18.2 Å². The van der Waals surface area contributed by atoms with Gasteiger partial charge in [-0.3, -0.25) is 9.69 Å². The van der Waals surface area contributed by atoms with Crippen LogP contribution in [0.3, 0.4) is 0 Å². The molecule has 2 aliphatic heterocycles. The molecule has 1 aromatic carbocycles. The minimum Gasteiger partial charge on any atom is -0.322 e. The van der Waals surface area contributed by atoms with Gasteiger partial charge in [0.2, 0.25) is 0 Å². The molecule has 7 heteroatoms. The van der Waals surface area contributed by atoms with E-state index in [9.17, 15) is 9.59 Å². The van der Waals surface area contributed by atoms with Gasteiger partial charge in [-0.2, -0.15) is 11.8 Å². The van der Waals surface area contributed by atoms with Crippen molar-refractivity contribution in [1.29, 1.82) is 0 Å². The highest BCUT2D eigenvalue weighted by Crippen LogP contribution is 2.34. The Morgan fingerprint density at radius 1 is 1.30 bits per heavy atom. The van der Waals surface area contributed by atoms with Crippen LogP contribution >= 0.6 is 35.0 Å². The Kier molecular flexibility index (Phi) is 3.60. The molecular formula is C13H12Cl2N2O2S. The lowest BCUT2D eigenvalue weighted by atomic mass is 9.99. The molecular weight excluding hydrogens is 319 g/mol. The summed E-state index contributed by atoms with van der Waals surface area (Å²) in [4.78, 5) is 25.7. The Morgan fingerprint density at radius 2 is 2.10 bits per heavy atom. The summed E-state index contributed by atoms with van der Waals surface area (Å²) in [6, 6.07) is 4.78. The van der Waals surface area contributed by atoms with E-state index in [4.69, 9.17) is 23.2 Å². The van der Waals surface area contributed by atoms with Gasteiger partial charge in [0.25, 0.3) is 5.91 Å². The first-order valence-corrected chi connectivity index (χ1v) is 8.09. The predicted octanol–water partition coefficient (Wildman–Crippen LogP) is 2.92. The lowest BCUT2D eigenvalue weighted by Crippen LogP contribution is -2.46. The van der Waals surface area contributed by atoms with Crippen LogP contribution in [0.2, 0.25) is 10.0 Å². The van der Waals surface area contributed by atoms with Gasteiger partial charge < -0.3 is 5.32 Å². The molecule has 2 heterocycles. The first-order chi connectivity index (χ1) is 9.52. The number of nitrogens with zero attached hydrogens (tertiary/aromatic N) is 1. The third-order valence-corrected chi connectivity index (χ3v) is 5.52. The third kappa shape index (κ3) is 2.28. The topological polar surface area (TPSA) is 49.4 Å². The number of carbonyl (C=O) groups is 2. The third-order valence-electron chi connectivity index (χ3n) is 3.59. The van der Waals surface area contributed by atoms with Gasteiger partial charge in [-0.05, 0) is 29.9 Å². The van der Waals surface area contributed by atoms with Crippen molar-refractivity contribution in [3.8, 4) is 0 Å². The quantitative estimate of drug-likeness (QED) is 0.848. The molecule has 0 aliphatic carbocycles. The number of halogens is 2. The summed E-state index contributed by atoms with van der Waals surface area (Å²) >= 11 is 13.5. The van der Waals surface area contributed by atoms with Crippen LogP contribution in [0.5, 0.6) is 0 Å². The molecule has 0 aromatic heterocycles. The SMILES string of the molecule is O=C1NC2(CCSC2)C(=O)N1Cc1ccc(Cl)c(Cl)c1. The molecule has 106 valence electrons. The second-order valence-corrected chi connectivity index (χ2v) is 6.87. The highest BCUT2D eigenvalue weighted by atomic mass is 35.5. The molecule has 2 saturated heterocycles. The zero-order valence-corrected chi connectivity index (χ0v) is 12.8.